The number of hydrogen-bond acceptors (Lipinski definition) is 5. The lowest BCUT2D eigenvalue weighted by atomic mass is 10.2. The fourth-order valence-corrected chi connectivity index (χ4v) is 1.89. The Morgan fingerprint density at radius 1 is 1.37 bits per heavy atom. The fourth-order valence-electron chi connectivity index (χ4n) is 1.58. The van der Waals surface area contributed by atoms with Gasteiger partial charge in [-0.05, 0) is 6.07 Å². The average molecular weight is 278 g/mol. The number of pyridine rings is 1. The first-order valence-electron chi connectivity index (χ1n) is 5.49. The van der Waals surface area contributed by atoms with Crippen molar-refractivity contribution in [3.05, 3.63) is 47.1 Å². The van der Waals surface area contributed by atoms with Gasteiger partial charge < -0.3 is 10.6 Å². The van der Waals surface area contributed by atoms with Crippen LogP contribution in [0.3, 0.4) is 0 Å². The maximum Gasteiger partial charge on any atom is 0.250 e. The molecule has 0 spiro atoms. The Bertz CT molecular complexity index is 590. The number of carbonyl (C=O) groups is 1. The highest BCUT2D eigenvalue weighted by Crippen LogP contribution is 2.23. The summed E-state index contributed by atoms with van der Waals surface area (Å²) in [5.74, 6) is -0.00477. The molecule has 0 aliphatic carbocycles. The third-order valence-corrected chi connectivity index (χ3v) is 2.76. The number of rotatable bonds is 4. The number of amides is 1. The minimum atomic E-state index is -0.558. The van der Waals surface area contributed by atoms with Crippen LogP contribution in [-0.4, -0.2) is 27.9 Å². The molecule has 0 atom stereocenters. The zero-order valence-corrected chi connectivity index (χ0v) is 11.0. The maximum absolute atomic E-state index is 11.0. The van der Waals surface area contributed by atoms with E-state index in [9.17, 15) is 4.79 Å². The average Bonchev–Trinajstić information content (AvgIpc) is 2.39. The molecule has 0 fully saturated rings. The molecular formula is C12H12ClN5O. The van der Waals surface area contributed by atoms with Gasteiger partial charge in [-0.25, -0.2) is 4.98 Å². The van der Waals surface area contributed by atoms with Crippen molar-refractivity contribution in [2.75, 3.05) is 11.9 Å². The zero-order valence-electron chi connectivity index (χ0n) is 10.2. The predicted octanol–water partition coefficient (Wildman–Crippen LogP) is 1.26. The summed E-state index contributed by atoms with van der Waals surface area (Å²) in [5, 5.41) is 0.364. The van der Waals surface area contributed by atoms with Crippen LogP contribution in [0.5, 0.6) is 0 Å². The van der Waals surface area contributed by atoms with Gasteiger partial charge in [0, 0.05) is 25.6 Å². The molecule has 6 nitrogen and oxygen atoms in total. The summed E-state index contributed by atoms with van der Waals surface area (Å²) in [7, 11) is 1.83. The number of aromatic nitrogens is 3. The van der Waals surface area contributed by atoms with Gasteiger partial charge in [-0.1, -0.05) is 11.6 Å². The van der Waals surface area contributed by atoms with Crippen LogP contribution in [0.2, 0.25) is 5.02 Å². The van der Waals surface area contributed by atoms with Crippen LogP contribution in [0, 0.1) is 0 Å². The quantitative estimate of drug-likeness (QED) is 0.909. The molecule has 19 heavy (non-hydrogen) atoms. The van der Waals surface area contributed by atoms with E-state index in [0.29, 0.717) is 17.4 Å². The third kappa shape index (κ3) is 3.17. The number of nitrogens with zero attached hydrogens (tertiary/aromatic N) is 4. The van der Waals surface area contributed by atoms with Gasteiger partial charge >= 0.3 is 0 Å². The Kier molecular flexibility index (Phi) is 3.91. The van der Waals surface area contributed by atoms with Gasteiger partial charge in [0.25, 0.3) is 0 Å². The van der Waals surface area contributed by atoms with Crippen molar-refractivity contribution in [1.82, 2.24) is 15.0 Å². The van der Waals surface area contributed by atoms with E-state index in [0.717, 1.165) is 5.69 Å². The van der Waals surface area contributed by atoms with Gasteiger partial charge in [-0.2, -0.15) is 0 Å². The third-order valence-electron chi connectivity index (χ3n) is 2.48. The number of primary amides is 1. The number of nitrogens with two attached hydrogens (primary N) is 1. The molecule has 2 heterocycles. The Balaban J connectivity index is 2.20. The van der Waals surface area contributed by atoms with Crippen molar-refractivity contribution in [1.29, 1.82) is 0 Å². The lowest BCUT2D eigenvalue weighted by Crippen LogP contribution is -2.20. The summed E-state index contributed by atoms with van der Waals surface area (Å²) >= 11 is 6.09. The van der Waals surface area contributed by atoms with E-state index in [2.05, 4.69) is 15.0 Å². The van der Waals surface area contributed by atoms with Crippen molar-refractivity contribution >= 4 is 23.3 Å². The van der Waals surface area contributed by atoms with Gasteiger partial charge in [-0.3, -0.25) is 14.8 Å². The number of carbonyl (C=O) groups excluding carboxylic acids is 1. The Morgan fingerprint density at radius 2 is 2.16 bits per heavy atom. The molecular weight excluding hydrogens is 266 g/mol. The van der Waals surface area contributed by atoms with Gasteiger partial charge in [0.05, 0.1) is 29.0 Å². The highest BCUT2D eigenvalue weighted by molar-refractivity contribution is 6.33. The maximum atomic E-state index is 11.0. The van der Waals surface area contributed by atoms with Crippen LogP contribution in [0.4, 0.5) is 5.82 Å². The summed E-state index contributed by atoms with van der Waals surface area (Å²) in [4.78, 5) is 25.1. The molecule has 98 valence electrons. The zero-order chi connectivity index (χ0) is 13.8. The van der Waals surface area contributed by atoms with Crippen molar-refractivity contribution in [2.24, 2.45) is 5.73 Å². The molecule has 0 aromatic carbocycles. The van der Waals surface area contributed by atoms with Crippen LogP contribution in [0.25, 0.3) is 0 Å². The van der Waals surface area contributed by atoms with E-state index in [-0.39, 0.29) is 5.56 Å². The van der Waals surface area contributed by atoms with E-state index in [1.165, 1.54) is 12.3 Å². The van der Waals surface area contributed by atoms with Crippen LogP contribution in [0.15, 0.2) is 30.9 Å². The molecule has 2 aromatic rings. The Morgan fingerprint density at radius 3 is 2.74 bits per heavy atom. The van der Waals surface area contributed by atoms with E-state index in [4.69, 9.17) is 17.3 Å². The summed E-state index contributed by atoms with van der Waals surface area (Å²) in [5.41, 5.74) is 6.24. The molecule has 0 saturated carbocycles. The molecule has 7 heteroatoms. The van der Waals surface area contributed by atoms with Gasteiger partial charge in [0.1, 0.15) is 5.82 Å². The van der Waals surface area contributed by atoms with Crippen LogP contribution < -0.4 is 10.6 Å². The molecule has 2 aromatic heterocycles. The normalized spacial score (nSPS) is 10.2. The predicted molar refractivity (Wildman–Crippen MR) is 71.9 cm³/mol. The summed E-state index contributed by atoms with van der Waals surface area (Å²) in [6.45, 7) is 0.510. The van der Waals surface area contributed by atoms with Crippen molar-refractivity contribution in [2.45, 2.75) is 6.54 Å². The van der Waals surface area contributed by atoms with Crippen LogP contribution >= 0.6 is 11.6 Å². The second kappa shape index (κ2) is 5.62. The van der Waals surface area contributed by atoms with Crippen molar-refractivity contribution in [3.8, 4) is 0 Å². The molecule has 0 unspecified atom stereocenters. The van der Waals surface area contributed by atoms with Gasteiger partial charge in [-0.15, -0.1) is 0 Å². The van der Waals surface area contributed by atoms with Gasteiger partial charge in [0.15, 0.2) is 0 Å². The molecule has 0 bridgehead atoms. The topological polar surface area (TPSA) is 85.0 Å². The number of anilines is 1. The van der Waals surface area contributed by atoms with Gasteiger partial charge in [0.2, 0.25) is 5.91 Å². The molecule has 2 N–H and O–H groups in total. The lowest BCUT2D eigenvalue weighted by Gasteiger charge is -2.18. The monoisotopic (exact) mass is 277 g/mol. The lowest BCUT2D eigenvalue weighted by molar-refractivity contribution is 0.1000. The van der Waals surface area contributed by atoms with Crippen molar-refractivity contribution in [3.63, 3.8) is 0 Å². The SMILES string of the molecule is CN(Cc1cnccn1)c1ncc(C(N)=O)cc1Cl. The fraction of sp³-hybridized carbons (Fsp3) is 0.167. The molecule has 0 aliphatic rings. The van der Waals surface area contributed by atoms with E-state index >= 15 is 0 Å². The molecule has 0 saturated heterocycles. The molecule has 2 rings (SSSR count). The Hall–Kier alpha value is -2.21. The highest BCUT2D eigenvalue weighted by atomic mass is 35.5. The first-order chi connectivity index (χ1) is 9.08. The summed E-state index contributed by atoms with van der Waals surface area (Å²) in [6, 6.07) is 1.50. The minimum absolute atomic E-state index is 0.279. The second-order valence-electron chi connectivity index (χ2n) is 3.95. The smallest absolute Gasteiger partial charge is 0.250 e. The minimum Gasteiger partial charge on any atom is -0.366 e. The van der Waals surface area contributed by atoms with E-state index in [1.807, 2.05) is 11.9 Å². The van der Waals surface area contributed by atoms with Crippen LogP contribution in [-0.2, 0) is 6.54 Å². The largest absolute Gasteiger partial charge is 0.366 e. The Labute approximate surface area is 115 Å². The molecule has 0 aliphatic heterocycles. The van der Waals surface area contributed by atoms with E-state index < -0.39 is 5.91 Å². The van der Waals surface area contributed by atoms with Crippen molar-refractivity contribution < 1.29 is 4.79 Å². The standard InChI is InChI=1S/C12H12ClN5O/c1-18(7-9-6-15-2-3-16-9)12-10(13)4-8(5-17-12)11(14)19/h2-6H,7H2,1H3,(H2,14,19). The molecule has 1 amide bonds. The summed E-state index contributed by atoms with van der Waals surface area (Å²) < 4.78 is 0. The first-order valence-corrected chi connectivity index (χ1v) is 5.87. The number of hydrogen-bond donors (Lipinski definition) is 1. The second-order valence-corrected chi connectivity index (χ2v) is 4.35. The van der Waals surface area contributed by atoms with Crippen LogP contribution in [0.1, 0.15) is 16.1 Å². The van der Waals surface area contributed by atoms with E-state index in [1.54, 1.807) is 18.6 Å². The highest BCUT2D eigenvalue weighted by Gasteiger charge is 2.11. The number of halogens is 1. The molecule has 0 radical (unpaired) electrons. The first kappa shape index (κ1) is 13.2. The summed E-state index contributed by atoms with van der Waals surface area (Å²) in [6.07, 6.45) is 6.30.